The average molecular weight is 302 g/mol. The second-order valence-electron chi connectivity index (χ2n) is 3.77. The van der Waals surface area contributed by atoms with Gasteiger partial charge in [0, 0.05) is 12.3 Å². The Hall–Kier alpha value is -2.18. The molecular weight excluding hydrogens is 292 g/mol. The highest BCUT2D eigenvalue weighted by atomic mass is 32.1. The van der Waals surface area contributed by atoms with Crippen LogP contribution in [0.3, 0.4) is 0 Å². The van der Waals surface area contributed by atoms with Gasteiger partial charge in [-0.05, 0) is 41.1 Å². The van der Waals surface area contributed by atoms with Gasteiger partial charge < -0.3 is 4.74 Å². The lowest BCUT2D eigenvalue weighted by molar-refractivity contribution is 0.209. The number of carbonyl (C=O) groups excluding carboxylic acids is 1. The zero-order valence-corrected chi connectivity index (χ0v) is 11.9. The number of hydrogen-bond acceptors (Lipinski definition) is 5. The van der Waals surface area contributed by atoms with Gasteiger partial charge in [0.25, 0.3) is 0 Å². The quantitative estimate of drug-likeness (QED) is 0.713. The predicted octanol–water partition coefficient (Wildman–Crippen LogP) is 4.54. The van der Waals surface area contributed by atoms with E-state index in [0.717, 1.165) is 10.0 Å². The molecule has 0 N–H and O–H groups in total. The smallest absolute Gasteiger partial charge is 0.391 e. The molecule has 100 valence electrons. The van der Waals surface area contributed by atoms with Crippen molar-refractivity contribution in [2.45, 2.75) is 0 Å². The van der Waals surface area contributed by atoms with Crippen LogP contribution in [0.2, 0.25) is 0 Å². The van der Waals surface area contributed by atoms with Crippen molar-refractivity contribution < 1.29 is 9.53 Å². The highest BCUT2D eigenvalue weighted by Gasteiger charge is 2.22. The van der Waals surface area contributed by atoms with Gasteiger partial charge in [-0.2, -0.15) is 0 Å². The maximum absolute atomic E-state index is 12.4. The van der Waals surface area contributed by atoms with E-state index in [1.54, 1.807) is 29.3 Å². The van der Waals surface area contributed by atoms with Crippen LogP contribution in [0.5, 0.6) is 5.88 Å². The Morgan fingerprint density at radius 1 is 1.00 bits per heavy atom. The van der Waals surface area contributed by atoms with Crippen LogP contribution in [0.25, 0.3) is 0 Å². The summed E-state index contributed by atoms with van der Waals surface area (Å²) >= 11 is 2.96. The summed E-state index contributed by atoms with van der Waals surface area (Å²) in [5.41, 5.74) is 0. The Morgan fingerprint density at radius 3 is 2.20 bits per heavy atom. The molecule has 3 aromatic rings. The standard InChI is InChI=1S/C14H10N2O2S2/c17-14(18-11-5-1-2-8-15-11)16(12-6-3-9-19-12)13-7-4-10-20-13/h1-10H. The highest BCUT2D eigenvalue weighted by Crippen LogP contribution is 2.33. The summed E-state index contributed by atoms with van der Waals surface area (Å²) in [5, 5.41) is 5.47. The number of hydrogen-bond donors (Lipinski definition) is 0. The predicted molar refractivity (Wildman–Crippen MR) is 81.0 cm³/mol. The molecule has 0 spiro atoms. The molecular formula is C14H10N2O2S2. The molecule has 0 atom stereocenters. The number of ether oxygens (including phenoxy) is 1. The maximum Gasteiger partial charge on any atom is 0.427 e. The molecule has 1 amide bonds. The molecule has 20 heavy (non-hydrogen) atoms. The largest absolute Gasteiger partial charge is 0.427 e. The summed E-state index contributed by atoms with van der Waals surface area (Å²) in [7, 11) is 0. The minimum Gasteiger partial charge on any atom is -0.391 e. The molecule has 0 aliphatic heterocycles. The van der Waals surface area contributed by atoms with E-state index in [1.165, 1.54) is 22.7 Å². The van der Waals surface area contributed by atoms with Gasteiger partial charge in [-0.3, -0.25) is 0 Å². The summed E-state index contributed by atoms with van der Waals surface area (Å²) in [6.07, 6.45) is 1.12. The number of anilines is 2. The zero-order valence-electron chi connectivity index (χ0n) is 10.3. The van der Waals surface area contributed by atoms with E-state index in [4.69, 9.17) is 4.74 Å². The average Bonchev–Trinajstić information content (AvgIpc) is 3.14. The van der Waals surface area contributed by atoms with Gasteiger partial charge in [0.15, 0.2) is 0 Å². The molecule has 0 aliphatic carbocycles. The molecule has 0 saturated heterocycles. The first-order valence-corrected chi connectivity index (χ1v) is 7.60. The lowest BCUT2D eigenvalue weighted by Crippen LogP contribution is -2.27. The van der Waals surface area contributed by atoms with Crippen LogP contribution in [0.15, 0.2) is 59.4 Å². The molecule has 0 bridgehead atoms. The van der Waals surface area contributed by atoms with Gasteiger partial charge in [-0.1, -0.05) is 6.07 Å². The molecule has 0 aromatic carbocycles. The first-order valence-electron chi connectivity index (χ1n) is 5.84. The van der Waals surface area contributed by atoms with Gasteiger partial charge in [-0.15, -0.1) is 22.7 Å². The number of pyridine rings is 1. The van der Waals surface area contributed by atoms with Gasteiger partial charge in [0.2, 0.25) is 5.88 Å². The Balaban J connectivity index is 1.88. The van der Waals surface area contributed by atoms with Gasteiger partial charge in [-0.25, -0.2) is 14.7 Å². The van der Waals surface area contributed by atoms with Crippen LogP contribution in [0.1, 0.15) is 0 Å². The SMILES string of the molecule is O=C(Oc1ccccn1)N(c1cccs1)c1cccs1. The fourth-order valence-electron chi connectivity index (χ4n) is 1.63. The Kier molecular flexibility index (Phi) is 3.76. The molecule has 0 radical (unpaired) electrons. The minimum atomic E-state index is -0.464. The van der Waals surface area contributed by atoms with Crippen LogP contribution in [0.4, 0.5) is 14.8 Å². The van der Waals surface area contributed by atoms with Crippen molar-refractivity contribution in [3.8, 4) is 5.88 Å². The maximum atomic E-state index is 12.4. The van der Waals surface area contributed by atoms with E-state index in [2.05, 4.69) is 4.98 Å². The second-order valence-corrected chi connectivity index (χ2v) is 5.63. The van der Waals surface area contributed by atoms with E-state index in [9.17, 15) is 4.79 Å². The minimum absolute atomic E-state index is 0.288. The summed E-state index contributed by atoms with van der Waals surface area (Å²) in [4.78, 5) is 17.9. The second kappa shape index (κ2) is 5.85. The summed E-state index contributed by atoms with van der Waals surface area (Å²) in [6.45, 7) is 0. The van der Waals surface area contributed by atoms with E-state index < -0.39 is 6.09 Å². The van der Waals surface area contributed by atoms with Crippen LogP contribution < -0.4 is 9.64 Å². The van der Waals surface area contributed by atoms with Crippen LogP contribution in [0, 0.1) is 0 Å². The van der Waals surface area contributed by atoms with Crippen molar-refractivity contribution in [2.24, 2.45) is 0 Å². The molecule has 0 saturated carbocycles. The van der Waals surface area contributed by atoms with Gasteiger partial charge in [0.1, 0.15) is 10.0 Å². The highest BCUT2D eigenvalue weighted by molar-refractivity contribution is 7.16. The third-order valence-electron chi connectivity index (χ3n) is 2.47. The summed E-state index contributed by atoms with van der Waals surface area (Å²) in [6, 6.07) is 12.8. The van der Waals surface area contributed by atoms with E-state index in [0.29, 0.717) is 0 Å². The third kappa shape index (κ3) is 2.71. The lowest BCUT2D eigenvalue weighted by Gasteiger charge is -2.17. The van der Waals surface area contributed by atoms with Crippen molar-refractivity contribution in [1.29, 1.82) is 0 Å². The number of aromatic nitrogens is 1. The molecule has 4 nitrogen and oxygen atoms in total. The number of thiophene rings is 2. The molecule has 0 fully saturated rings. The van der Waals surface area contributed by atoms with E-state index in [1.807, 2.05) is 35.0 Å². The normalized spacial score (nSPS) is 10.2. The van der Waals surface area contributed by atoms with Crippen molar-refractivity contribution in [1.82, 2.24) is 4.98 Å². The molecule has 6 heteroatoms. The number of rotatable bonds is 3. The van der Waals surface area contributed by atoms with E-state index in [-0.39, 0.29) is 5.88 Å². The molecule has 3 aromatic heterocycles. The lowest BCUT2D eigenvalue weighted by atomic mass is 10.5. The first-order chi connectivity index (χ1) is 9.84. The van der Waals surface area contributed by atoms with Crippen molar-refractivity contribution in [2.75, 3.05) is 4.90 Å². The molecule has 3 rings (SSSR count). The fraction of sp³-hybridized carbons (Fsp3) is 0. The molecule has 0 aliphatic rings. The molecule has 0 unspecified atom stereocenters. The monoisotopic (exact) mass is 302 g/mol. The topological polar surface area (TPSA) is 42.4 Å². The zero-order chi connectivity index (χ0) is 13.8. The fourth-order valence-corrected chi connectivity index (χ4v) is 3.15. The number of amides is 1. The van der Waals surface area contributed by atoms with Crippen molar-refractivity contribution in [3.05, 3.63) is 59.4 Å². The van der Waals surface area contributed by atoms with Gasteiger partial charge >= 0.3 is 6.09 Å². The van der Waals surface area contributed by atoms with Crippen LogP contribution in [-0.4, -0.2) is 11.1 Å². The van der Waals surface area contributed by atoms with Crippen LogP contribution >= 0.6 is 22.7 Å². The third-order valence-corrected chi connectivity index (χ3v) is 4.17. The summed E-state index contributed by atoms with van der Waals surface area (Å²) < 4.78 is 5.31. The molecule has 3 heterocycles. The Labute approximate surface area is 123 Å². The first kappa shape index (κ1) is 12.8. The van der Waals surface area contributed by atoms with Crippen molar-refractivity contribution in [3.63, 3.8) is 0 Å². The van der Waals surface area contributed by atoms with Gasteiger partial charge in [0.05, 0.1) is 0 Å². The Morgan fingerprint density at radius 2 is 1.70 bits per heavy atom. The summed E-state index contributed by atoms with van der Waals surface area (Å²) in [5.74, 6) is 0.288. The Bertz CT molecular complexity index is 632. The van der Waals surface area contributed by atoms with E-state index >= 15 is 0 Å². The number of carbonyl (C=O) groups is 1. The van der Waals surface area contributed by atoms with Crippen molar-refractivity contribution >= 4 is 38.8 Å². The number of nitrogens with zero attached hydrogens (tertiary/aromatic N) is 2. The van der Waals surface area contributed by atoms with Crippen LogP contribution in [-0.2, 0) is 0 Å².